The highest BCUT2D eigenvalue weighted by Gasteiger charge is 2.50. The van der Waals surface area contributed by atoms with E-state index in [9.17, 15) is 14.4 Å². The number of hydrogen-bond acceptors (Lipinski definition) is 5. The Kier molecular flexibility index (Phi) is 5.86. The van der Waals surface area contributed by atoms with Gasteiger partial charge in [-0.05, 0) is 82.0 Å². The molecule has 1 aromatic heterocycles. The van der Waals surface area contributed by atoms with Gasteiger partial charge in [-0.2, -0.15) is 0 Å². The van der Waals surface area contributed by atoms with E-state index >= 15 is 0 Å². The van der Waals surface area contributed by atoms with Crippen LogP contribution in [0.5, 0.6) is 0 Å². The quantitative estimate of drug-likeness (QED) is 0.214. The molecule has 0 spiro atoms. The van der Waals surface area contributed by atoms with Crippen molar-refractivity contribution in [3.8, 4) is 0 Å². The SMILES string of the molecule is CC1(C)c2ccccc2N2c3sc(C=C4C(=O)N(C(C)(C)C)C(=O)N(C(C)(C)C)C4=O)cc3C(C)(C)c3cccc1c32. The number of benzene rings is 2. The van der Waals surface area contributed by atoms with Crippen LogP contribution in [0.2, 0.25) is 0 Å². The van der Waals surface area contributed by atoms with Gasteiger partial charge in [0.25, 0.3) is 11.8 Å². The highest BCUT2D eigenvalue weighted by Crippen LogP contribution is 2.61. The van der Waals surface area contributed by atoms with Crippen molar-refractivity contribution < 1.29 is 14.4 Å². The van der Waals surface area contributed by atoms with E-state index in [-0.39, 0.29) is 16.4 Å². The Morgan fingerprint density at radius 2 is 1.19 bits per heavy atom. The molecule has 3 aliphatic rings. The number of barbiturate groups is 1. The van der Waals surface area contributed by atoms with Crippen molar-refractivity contribution in [1.29, 1.82) is 0 Å². The van der Waals surface area contributed by atoms with Gasteiger partial charge in [-0.3, -0.25) is 19.4 Å². The molecule has 1 saturated heterocycles. The van der Waals surface area contributed by atoms with E-state index in [1.807, 2.05) is 41.5 Å². The third-order valence-electron chi connectivity index (χ3n) is 8.91. The van der Waals surface area contributed by atoms with Crippen molar-refractivity contribution in [1.82, 2.24) is 9.80 Å². The van der Waals surface area contributed by atoms with E-state index in [0.717, 1.165) is 21.1 Å². The molecule has 3 aromatic rings. The first-order valence-electron chi connectivity index (χ1n) is 14.5. The number of thiophene rings is 1. The van der Waals surface area contributed by atoms with Gasteiger partial charge in [0.05, 0.1) is 11.4 Å². The normalized spacial score (nSPS) is 19.0. The number of imide groups is 2. The van der Waals surface area contributed by atoms with Crippen molar-refractivity contribution in [2.24, 2.45) is 0 Å². The molecule has 0 N–H and O–H groups in total. The molecule has 0 bridgehead atoms. The number of urea groups is 1. The molecule has 0 aliphatic carbocycles. The Balaban J connectivity index is 1.57. The molecular weight excluding hydrogens is 542 g/mol. The van der Waals surface area contributed by atoms with Crippen LogP contribution < -0.4 is 4.90 Å². The predicted molar refractivity (Wildman–Crippen MR) is 170 cm³/mol. The first-order chi connectivity index (χ1) is 19.4. The Labute approximate surface area is 252 Å². The second kappa shape index (κ2) is 8.66. The number of carbonyl (C=O) groups is 3. The van der Waals surface area contributed by atoms with E-state index < -0.39 is 28.9 Å². The largest absolute Gasteiger partial charge is 0.334 e. The molecular formula is C35H39N3O3S. The molecule has 3 aliphatic heterocycles. The van der Waals surface area contributed by atoms with Crippen LogP contribution in [0, 0.1) is 0 Å². The summed E-state index contributed by atoms with van der Waals surface area (Å²) in [5, 5.41) is 1.09. The fourth-order valence-electron chi connectivity index (χ4n) is 6.75. The average Bonchev–Trinajstić information content (AvgIpc) is 3.29. The zero-order valence-corrected chi connectivity index (χ0v) is 27.0. The molecule has 4 amide bonds. The molecule has 0 radical (unpaired) electrons. The summed E-state index contributed by atoms with van der Waals surface area (Å²) >= 11 is 1.58. The van der Waals surface area contributed by atoms with Crippen molar-refractivity contribution in [3.05, 3.63) is 81.2 Å². The fourth-order valence-corrected chi connectivity index (χ4v) is 8.03. The molecule has 6 nitrogen and oxygen atoms in total. The van der Waals surface area contributed by atoms with Crippen molar-refractivity contribution in [2.75, 3.05) is 4.90 Å². The summed E-state index contributed by atoms with van der Waals surface area (Å²) in [6.07, 6.45) is 1.69. The summed E-state index contributed by atoms with van der Waals surface area (Å²) in [4.78, 5) is 46.7. The number of hydrogen-bond donors (Lipinski definition) is 0. The molecule has 6 rings (SSSR count). The van der Waals surface area contributed by atoms with E-state index in [2.05, 4.69) is 81.1 Å². The third kappa shape index (κ3) is 3.78. The van der Waals surface area contributed by atoms with Gasteiger partial charge in [0.1, 0.15) is 10.6 Å². The van der Waals surface area contributed by atoms with Gasteiger partial charge in [0.15, 0.2) is 0 Å². The van der Waals surface area contributed by atoms with Crippen molar-refractivity contribution >= 4 is 51.6 Å². The zero-order valence-electron chi connectivity index (χ0n) is 26.2. The van der Waals surface area contributed by atoms with Gasteiger partial charge >= 0.3 is 6.03 Å². The zero-order chi connectivity index (χ0) is 30.7. The number of rotatable bonds is 1. The van der Waals surface area contributed by atoms with Crippen LogP contribution >= 0.6 is 11.3 Å². The smallest absolute Gasteiger partial charge is 0.301 e. The van der Waals surface area contributed by atoms with Gasteiger partial charge in [-0.15, -0.1) is 11.3 Å². The summed E-state index contributed by atoms with van der Waals surface area (Å²) in [6.45, 7) is 19.9. The Bertz CT molecular complexity index is 1690. The summed E-state index contributed by atoms with van der Waals surface area (Å²) < 4.78 is 0. The lowest BCUT2D eigenvalue weighted by Crippen LogP contribution is -2.65. The molecule has 0 saturated carbocycles. The van der Waals surface area contributed by atoms with Crippen molar-refractivity contribution in [2.45, 2.75) is 91.1 Å². The van der Waals surface area contributed by atoms with E-state index in [4.69, 9.17) is 0 Å². The van der Waals surface area contributed by atoms with E-state index in [1.165, 1.54) is 32.2 Å². The lowest BCUT2D eigenvalue weighted by molar-refractivity contribution is -0.141. The molecule has 0 unspecified atom stereocenters. The molecule has 42 heavy (non-hydrogen) atoms. The molecule has 0 atom stereocenters. The van der Waals surface area contributed by atoms with Gasteiger partial charge < -0.3 is 4.90 Å². The monoisotopic (exact) mass is 581 g/mol. The Morgan fingerprint density at radius 1 is 0.690 bits per heavy atom. The number of amides is 4. The van der Waals surface area contributed by atoms with Crippen LogP contribution in [0.3, 0.4) is 0 Å². The predicted octanol–water partition coefficient (Wildman–Crippen LogP) is 8.27. The van der Waals surface area contributed by atoms with Gasteiger partial charge in [0, 0.05) is 26.8 Å². The van der Waals surface area contributed by atoms with E-state index in [0.29, 0.717) is 0 Å². The molecule has 218 valence electrons. The van der Waals surface area contributed by atoms with Crippen LogP contribution in [-0.2, 0) is 20.4 Å². The highest BCUT2D eigenvalue weighted by molar-refractivity contribution is 7.17. The second-order valence-corrected chi connectivity index (χ2v) is 15.7. The number of para-hydroxylation sites is 2. The first-order valence-corrected chi connectivity index (χ1v) is 15.3. The topological polar surface area (TPSA) is 60.9 Å². The minimum absolute atomic E-state index is 0.00855. The lowest BCUT2D eigenvalue weighted by Gasteiger charge is -2.48. The second-order valence-electron chi connectivity index (χ2n) is 14.6. The van der Waals surface area contributed by atoms with Crippen LogP contribution in [-0.4, -0.2) is 38.7 Å². The van der Waals surface area contributed by atoms with Crippen LogP contribution in [0.1, 0.15) is 96.4 Å². The average molecular weight is 582 g/mol. The van der Waals surface area contributed by atoms with Gasteiger partial charge in [-0.25, -0.2) is 4.79 Å². The standard InChI is InChI=1S/C35H39N3O3S/c1-32(2,3)37-28(39)21(29(40)38(31(37)41)33(4,5)6)18-20-19-25-30(42-20)36-26-17-12-11-14-22(26)34(7,8)23-15-13-16-24(27(23)36)35(25,9)10/h11-19H,1-10H3. The maximum atomic E-state index is 13.8. The lowest BCUT2D eigenvalue weighted by atomic mass is 9.67. The molecule has 4 heterocycles. The van der Waals surface area contributed by atoms with Crippen LogP contribution in [0.15, 0.2) is 54.1 Å². The molecule has 7 heteroatoms. The highest BCUT2D eigenvalue weighted by atomic mass is 32.1. The summed E-state index contributed by atoms with van der Waals surface area (Å²) in [6, 6.07) is 16.7. The fraction of sp³-hybridized carbons (Fsp3) is 0.400. The van der Waals surface area contributed by atoms with Gasteiger partial charge in [-0.1, -0.05) is 64.1 Å². The summed E-state index contributed by atoms with van der Waals surface area (Å²) in [7, 11) is 0. The van der Waals surface area contributed by atoms with Gasteiger partial charge in [0.2, 0.25) is 0 Å². The number of nitrogens with zero attached hydrogens (tertiary/aromatic N) is 3. The maximum Gasteiger partial charge on any atom is 0.334 e. The molecule has 2 aromatic carbocycles. The number of fused-ring (bicyclic) bond motifs is 4. The Hall–Kier alpha value is -3.71. The first kappa shape index (κ1) is 28.4. The molecule has 1 fully saturated rings. The van der Waals surface area contributed by atoms with Crippen molar-refractivity contribution in [3.63, 3.8) is 0 Å². The number of anilines is 3. The minimum atomic E-state index is -0.795. The summed E-state index contributed by atoms with van der Waals surface area (Å²) in [5.41, 5.74) is 5.23. The van der Waals surface area contributed by atoms with E-state index in [1.54, 1.807) is 17.4 Å². The summed E-state index contributed by atoms with van der Waals surface area (Å²) in [5.74, 6) is -1.11. The van der Waals surface area contributed by atoms with Crippen LogP contribution in [0.4, 0.5) is 21.2 Å². The minimum Gasteiger partial charge on any atom is -0.301 e. The third-order valence-corrected chi connectivity index (χ3v) is 9.98. The van der Waals surface area contributed by atoms with Crippen LogP contribution in [0.25, 0.3) is 6.08 Å². The Morgan fingerprint density at radius 3 is 1.74 bits per heavy atom. The maximum absolute atomic E-state index is 13.8. The number of carbonyl (C=O) groups excluding carboxylic acids is 3.